The molecule has 10 nitrogen and oxygen atoms in total. The van der Waals surface area contributed by atoms with E-state index in [4.69, 9.17) is 19.9 Å². The molecule has 0 aliphatic carbocycles. The third kappa shape index (κ3) is 6.60. The average molecular weight is 580 g/mol. The zero-order chi connectivity index (χ0) is 29.6. The highest BCUT2D eigenvalue weighted by Crippen LogP contribution is 2.45. The van der Waals surface area contributed by atoms with Crippen LogP contribution in [-0.4, -0.2) is 92.9 Å². The SMILES string of the molecule is CCCCN(C(=O)CN1C[C@H](c2cc(OC)c3c(c2)OCO3)C[C@@H]1CCN1CCCN(C)C1=O)c1cccc(CN)c1. The number of hydrogen-bond acceptors (Lipinski definition) is 7. The Kier molecular flexibility index (Phi) is 9.74. The first-order chi connectivity index (χ1) is 20.4. The lowest BCUT2D eigenvalue weighted by atomic mass is 9.94. The topological polar surface area (TPSA) is 101 Å². The van der Waals surface area contributed by atoms with Gasteiger partial charge in [-0.25, -0.2) is 4.79 Å². The molecule has 2 saturated heterocycles. The lowest BCUT2D eigenvalue weighted by Crippen LogP contribution is -2.49. The monoisotopic (exact) mass is 579 g/mol. The number of ether oxygens (including phenoxy) is 3. The molecule has 2 aromatic carbocycles. The molecule has 228 valence electrons. The standard InChI is InChI=1S/C32H45N5O5/c1-4-5-13-37(27-9-6-8-23(15-27)19-33)30(38)21-36-20-25(24-17-28(40-3)31-29(18-24)41-22-42-31)16-26(36)10-14-35-12-7-11-34(2)32(35)39/h6,8-9,15,17-18,25-26H,4-5,7,10-14,16,19-22,33H2,1-3H3/t25-,26+/m1/s1. The molecule has 5 rings (SSSR count). The number of carbonyl (C=O) groups is 2. The fraction of sp³-hybridized carbons (Fsp3) is 0.562. The predicted octanol–water partition coefficient (Wildman–Crippen LogP) is 4.02. The quantitative estimate of drug-likeness (QED) is 0.405. The number of rotatable bonds is 12. The number of benzene rings is 2. The molecule has 0 bridgehead atoms. The molecule has 3 heterocycles. The lowest BCUT2D eigenvalue weighted by molar-refractivity contribution is -0.120. The van der Waals surface area contributed by atoms with E-state index in [1.54, 1.807) is 12.0 Å². The van der Waals surface area contributed by atoms with E-state index in [0.717, 1.165) is 68.6 Å². The Morgan fingerprint density at radius 3 is 2.83 bits per heavy atom. The number of hydrogen-bond donors (Lipinski definition) is 1. The summed E-state index contributed by atoms with van der Waals surface area (Å²) < 4.78 is 17.0. The van der Waals surface area contributed by atoms with Crippen LogP contribution in [0, 0.1) is 0 Å². The van der Waals surface area contributed by atoms with Crippen LogP contribution in [0.15, 0.2) is 36.4 Å². The van der Waals surface area contributed by atoms with Gasteiger partial charge in [-0.3, -0.25) is 9.69 Å². The highest BCUT2D eigenvalue weighted by molar-refractivity contribution is 5.95. The molecule has 0 unspecified atom stereocenters. The van der Waals surface area contributed by atoms with E-state index in [1.165, 1.54) is 0 Å². The number of urea groups is 1. The van der Waals surface area contributed by atoms with Crippen molar-refractivity contribution in [3.8, 4) is 17.2 Å². The average Bonchev–Trinajstić information content (AvgIpc) is 3.65. The van der Waals surface area contributed by atoms with Gasteiger partial charge in [0.1, 0.15) is 0 Å². The Labute approximate surface area is 249 Å². The Balaban J connectivity index is 1.37. The molecular formula is C32H45N5O5. The number of anilines is 1. The molecule has 3 aliphatic rings. The van der Waals surface area contributed by atoms with Crippen molar-refractivity contribution in [2.45, 2.75) is 57.5 Å². The number of likely N-dealkylation sites (tertiary alicyclic amines) is 1. The van der Waals surface area contributed by atoms with Gasteiger partial charge in [0.2, 0.25) is 18.4 Å². The largest absolute Gasteiger partial charge is 0.493 e. The normalized spacial score (nSPS) is 20.3. The maximum atomic E-state index is 14.0. The van der Waals surface area contributed by atoms with Crippen LogP contribution in [0.3, 0.4) is 0 Å². The number of nitrogens with zero attached hydrogens (tertiary/aromatic N) is 4. The number of fused-ring (bicyclic) bond motifs is 1. The van der Waals surface area contributed by atoms with E-state index in [-0.39, 0.29) is 30.7 Å². The first-order valence-electron chi connectivity index (χ1n) is 15.2. The molecule has 2 atom stereocenters. The van der Waals surface area contributed by atoms with Crippen LogP contribution in [0.1, 0.15) is 56.1 Å². The number of methoxy groups -OCH3 is 1. The molecule has 0 saturated carbocycles. The summed E-state index contributed by atoms with van der Waals surface area (Å²) in [6, 6.07) is 12.3. The summed E-state index contributed by atoms with van der Waals surface area (Å²) in [6.07, 6.45) is 4.59. The van der Waals surface area contributed by atoms with Crippen molar-refractivity contribution in [2.75, 3.05) is 65.1 Å². The fourth-order valence-corrected chi connectivity index (χ4v) is 6.37. The van der Waals surface area contributed by atoms with Gasteiger partial charge in [-0.05, 0) is 67.0 Å². The maximum absolute atomic E-state index is 14.0. The third-order valence-electron chi connectivity index (χ3n) is 8.76. The van der Waals surface area contributed by atoms with Gasteiger partial charge in [0, 0.05) is 58.0 Å². The maximum Gasteiger partial charge on any atom is 0.319 e. The first-order valence-corrected chi connectivity index (χ1v) is 15.2. The molecule has 0 radical (unpaired) electrons. The zero-order valence-corrected chi connectivity index (χ0v) is 25.2. The summed E-state index contributed by atoms with van der Waals surface area (Å²) >= 11 is 0. The minimum atomic E-state index is 0.0836. The van der Waals surface area contributed by atoms with Crippen LogP contribution >= 0.6 is 0 Å². The third-order valence-corrected chi connectivity index (χ3v) is 8.76. The van der Waals surface area contributed by atoms with Crippen molar-refractivity contribution in [1.82, 2.24) is 14.7 Å². The highest BCUT2D eigenvalue weighted by Gasteiger charge is 2.37. The van der Waals surface area contributed by atoms with Crippen LogP contribution in [0.2, 0.25) is 0 Å². The van der Waals surface area contributed by atoms with Crippen LogP contribution in [0.4, 0.5) is 10.5 Å². The highest BCUT2D eigenvalue weighted by atomic mass is 16.7. The van der Waals surface area contributed by atoms with Crippen LogP contribution < -0.4 is 24.8 Å². The summed E-state index contributed by atoms with van der Waals surface area (Å²) in [5, 5.41) is 0. The van der Waals surface area contributed by atoms with Gasteiger partial charge in [0.05, 0.1) is 13.7 Å². The number of unbranched alkanes of at least 4 members (excludes halogenated alkanes) is 1. The molecule has 3 amide bonds. The summed E-state index contributed by atoms with van der Waals surface area (Å²) in [5.41, 5.74) is 8.93. The van der Waals surface area contributed by atoms with Crippen LogP contribution in [-0.2, 0) is 11.3 Å². The summed E-state index contributed by atoms with van der Waals surface area (Å²) in [4.78, 5) is 34.7. The smallest absolute Gasteiger partial charge is 0.319 e. The second kappa shape index (κ2) is 13.6. The first kappa shape index (κ1) is 30.0. The minimum absolute atomic E-state index is 0.0836. The fourth-order valence-electron chi connectivity index (χ4n) is 6.37. The zero-order valence-electron chi connectivity index (χ0n) is 25.2. The second-order valence-corrected chi connectivity index (χ2v) is 11.6. The van der Waals surface area contributed by atoms with Crippen molar-refractivity contribution in [3.05, 3.63) is 47.5 Å². The van der Waals surface area contributed by atoms with Gasteiger partial charge in [0.25, 0.3) is 0 Å². The lowest BCUT2D eigenvalue weighted by Gasteiger charge is -2.35. The molecule has 10 heteroatoms. The van der Waals surface area contributed by atoms with Crippen LogP contribution in [0.5, 0.6) is 17.2 Å². The van der Waals surface area contributed by atoms with Crippen LogP contribution in [0.25, 0.3) is 0 Å². The molecule has 42 heavy (non-hydrogen) atoms. The number of nitrogens with two attached hydrogens (primary N) is 1. The van der Waals surface area contributed by atoms with Crippen molar-refractivity contribution in [2.24, 2.45) is 5.73 Å². The van der Waals surface area contributed by atoms with Gasteiger partial charge < -0.3 is 34.6 Å². The van der Waals surface area contributed by atoms with Gasteiger partial charge in [-0.1, -0.05) is 25.5 Å². The molecule has 0 spiro atoms. The predicted molar refractivity (Wildman–Crippen MR) is 162 cm³/mol. The van der Waals surface area contributed by atoms with E-state index in [0.29, 0.717) is 43.4 Å². The van der Waals surface area contributed by atoms with E-state index in [9.17, 15) is 9.59 Å². The molecule has 2 fully saturated rings. The van der Waals surface area contributed by atoms with Gasteiger partial charge in [-0.2, -0.15) is 0 Å². The van der Waals surface area contributed by atoms with Gasteiger partial charge in [0.15, 0.2) is 11.5 Å². The van der Waals surface area contributed by atoms with E-state index in [1.807, 2.05) is 53.2 Å². The van der Waals surface area contributed by atoms with Crippen molar-refractivity contribution < 1.29 is 23.8 Å². The molecule has 3 aliphatic heterocycles. The van der Waals surface area contributed by atoms with Crippen molar-refractivity contribution in [3.63, 3.8) is 0 Å². The molecule has 2 aromatic rings. The summed E-state index contributed by atoms with van der Waals surface area (Å²) in [6.45, 7) is 6.71. The Hall–Kier alpha value is -3.50. The Bertz CT molecular complexity index is 1260. The minimum Gasteiger partial charge on any atom is -0.493 e. The van der Waals surface area contributed by atoms with Crippen molar-refractivity contribution in [1.29, 1.82) is 0 Å². The van der Waals surface area contributed by atoms with Crippen molar-refractivity contribution >= 4 is 17.6 Å². The Morgan fingerprint density at radius 2 is 2.05 bits per heavy atom. The summed E-state index contributed by atoms with van der Waals surface area (Å²) in [5.74, 6) is 2.28. The Morgan fingerprint density at radius 1 is 1.19 bits per heavy atom. The van der Waals surface area contributed by atoms with Gasteiger partial charge >= 0.3 is 6.03 Å². The molecular weight excluding hydrogens is 534 g/mol. The summed E-state index contributed by atoms with van der Waals surface area (Å²) in [7, 11) is 3.50. The number of carbonyl (C=O) groups excluding carboxylic acids is 2. The van der Waals surface area contributed by atoms with Gasteiger partial charge in [-0.15, -0.1) is 0 Å². The molecule has 2 N–H and O–H groups in total. The molecule has 0 aromatic heterocycles. The van der Waals surface area contributed by atoms with E-state index in [2.05, 4.69) is 11.8 Å². The second-order valence-electron chi connectivity index (χ2n) is 11.6. The number of amides is 3. The van der Waals surface area contributed by atoms with E-state index < -0.39 is 0 Å². The van der Waals surface area contributed by atoms with E-state index >= 15 is 0 Å².